The maximum absolute atomic E-state index is 13.2. The standard InChI is InChI=1S/C23H20FN5O4S/c1-13(21(31)27-23-26-18(12-34-23)14-5-3-2-4-6-14)33-22(32)17-11-19(20(25)30)29(28-17)16-9-7-15(24)8-10-16/h2-10,12-13,19H,11H2,1H3,(H2,25,30)(H,26,27,31). The van der Waals surface area contributed by atoms with Crippen molar-refractivity contribution in [2.24, 2.45) is 10.8 Å². The van der Waals surface area contributed by atoms with Crippen LogP contribution in [0.3, 0.4) is 0 Å². The number of aromatic nitrogens is 1. The predicted molar refractivity (Wildman–Crippen MR) is 126 cm³/mol. The van der Waals surface area contributed by atoms with Crippen molar-refractivity contribution in [3.05, 3.63) is 65.8 Å². The number of hydrogen-bond acceptors (Lipinski definition) is 8. The second kappa shape index (κ2) is 9.79. The third-order valence-corrected chi connectivity index (χ3v) is 5.78. The molecule has 0 radical (unpaired) electrons. The SMILES string of the molecule is CC(OC(=O)C1=NN(c2ccc(F)cc2)C(C(N)=O)C1)C(=O)Nc1nc(-c2ccccc2)cs1. The van der Waals surface area contributed by atoms with Crippen LogP contribution < -0.4 is 16.1 Å². The minimum Gasteiger partial charge on any atom is -0.448 e. The van der Waals surface area contributed by atoms with Crippen LogP contribution in [0.25, 0.3) is 11.3 Å². The topological polar surface area (TPSA) is 127 Å². The highest BCUT2D eigenvalue weighted by molar-refractivity contribution is 7.14. The van der Waals surface area contributed by atoms with Gasteiger partial charge in [0.05, 0.1) is 11.4 Å². The average Bonchev–Trinajstić information content (AvgIpc) is 3.48. The summed E-state index contributed by atoms with van der Waals surface area (Å²) >= 11 is 1.24. The second-order valence-corrected chi connectivity index (χ2v) is 8.29. The Labute approximate surface area is 198 Å². The van der Waals surface area contributed by atoms with Crippen LogP contribution in [-0.4, -0.2) is 40.6 Å². The second-order valence-electron chi connectivity index (χ2n) is 7.43. The zero-order valence-electron chi connectivity index (χ0n) is 18.0. The molecule has 174 valence electrons. The van der Waals surface area contributed by atoms with Crippen molar-refractivity contribution in [1.82, 2.24) is 4.98 Å². The number of benzene rings is 2. The number of carbonyl (C=O) groups excluding carboxylic acids is 3. The third-order valence-electron chi connectivity index (χ3n) is 5.02. The van der Waals surface area contributed by atoms with Crippen LogP contribution in [0.15, 0.2) is 65.1 Å². The zero-order chi connectivity index (χ0) is 24.2. The van der Waals surface area contributed by atoms with Gasteiger partial charge >= 0.3 is 5.97 Å². The number of amides is 2. The first-order chi connectivity index (χ1) is 16.3. The molecule has 2 aromatic carbocycles. The summed E-state index contributed by atoms with van der Waals surface area (Å²) in [6.07, 6.45) is -1.25. The molecule has 2 heterocycles. The molecule has 9 nitrogen and oxygen atoms in total. The first-order valence-electron chi connectivity index (χ1n) is 10.3. The van der Waals surface area contributed by atoms with Gasteiger partial charge in [-0.1, -0.05) is 30.3 Å². The van der Waals surface area contributed by atoms with Gasteiger partial charge in [0.2, 0.25) is 5.91 Å². The number of thiazole rings is 1. The predicted octanol–water partition coefficient (Wildman–Crippen LogP) is 2.94. The van der Waals surface area contributed by atoms with E-state index in [2.05, 4.69) is 15.4 Å². The number of esters is 1. The van der Waals surface area contributed by atoms with Gasteiger partial charge in [-0.05, 0) is 31.2 Å². The van der Waals surface area contributed by atoms with Crippen LogP contribution in [0.1, 0.15) is 13.3 Å². The maximum Gasteiger partial charge on any atom is 0.355 e. The van der Waals surface area contributed by atoms with Crippen molar-refractivity contribution < 1.29 is 23.5 Å². The molecule has 2 amide bonds. The zero-order valence-corrected chi connectivity index (χ0v) is 18.8. The van der Waals surface area contributed by atoms with Crippen molar-refractivity contribution in [2.75, 3.05) is 10.3 Å². The molecule has 0 spiro atoms. The molecule has 11 heteroatoms. The molecular weight excluding hydrogens is 461 g/mol. The molecule has 0 aliphatic carbocycles. The van der Waals surface area contributed by atoms with E-state index in [9.17, 15) is 18.8 Å². The van der Waals surface area contributed by atoms with Crippen molar-refractivity contribution >= 4 is 45.7 Å². The number of nitrogens with one attached hydrogen (secondary N) is 1. The molecule has 1 aliphatic heterocycles. The Balaban J connectivity index is 1.40. The van der Waals surface area contributed by atoms with E-state index in [-0.39, 0.29) is 12.1 Å². The van der Waals surface area contributed by atoms with Gasteiger partial charge in [-0.15, -0.1) is 11.3 Å². The first-order valence-corrected chi connectivity index (χ1v) is 11.1. The fourth-order valence-corrected chi connectivity index (χ4v) is 3.97. The van der Waals surface area contributed by atoms with Crippen LogP contribution in [0, 0.1) is 5.82 Å². The molecular formula is C23H20FN5O4S. The molecule has 0 saturated carbocycles. The van der Waals surface area contributed by atoms with E-state index in [1.165, 1.54) is 47.5 Å². The van der Waals surface area contributed by atoms with E-state index in [1.807, 2.05) is 35.7 Å². The summed E-state index contributed by atoms with van der Waals surface area (Å²) < 4.78 is 18.5. The van der Waals surface area contributed by atoms with Crippen LogP contribution in [0.2, 0.25) is 0 Å². The lowest BCUT2D eigenvalue weighted by Gasteiger charge is -2.20. The van der Waals surface area contributed by atoms with Gasteiger partial charge in [-0.3, -0.25) is 19.9 Å². The van der Waals surface area contributed by atoms with Crippen molar-refractivity contribution in [3.8, 4) is 11.3 Å². The van der Waals surface area contributed by atoms with Gasteiger partial charge in [0.25, 0.3) is 5.91 Å². The van der Waals surface area contributed by atoms with Crippen LogP contribution in [0.4, 0.5) is 15.2 Å². The number of carbonyl (C=O) groups is 3. The molecule has 3 N–H and O–H groups in total. The summed E-state index contributed by atoms with van der Waals surface area (Å²) in [5.74, 6) is -2.59. The lowest BCUT2D eigenvalue weighted by molar-refractivity contribution is -0.146. The van der Waals surface area contributed by atoms with Crippen molar-refractivity contribution in [3.63, 3.8) is 0 Å². The van der Waals surface area contributed by atoms with E-state index in [1.54, 1.807) is 0 Å². The number of hydrogen-bond donors (Lipinski definition) is 2. The van der Waals surface area contributed by atoms with E-state index < -0.39 is 35.7 Å². The highest BCUT2D eigenvalue weighted by atomic mass is 32.1. The lowest BCUT2D eigenvalue weighted by Crippen LogP contribution is -2.39. The number of nitrogens with two attached hydrogens (primary N) is 1. The van der Waals surface area contributed by atoms with E-state index in [0.717, 1.165) is 5.56 Å². The fraction of sp³-hybridized carbons (Fsp3) is 0.174. The maximum atomic E-state index is 13.2. The summed E-state index contributed by atoms with van der Waals surface area (Å²) in [6.45, 7) is 1.41. The summed E-state index contributed by atoms with van der Waals surface area (Å²) in [4.78, 5) is 41.4. The number of ether oxygens (including phenoxy) is 1. The summed E-state index contributed by atoms with van der Waals surface area (Å²) in [7, 11) is 0. The van der Waals surface area contributed by atoms with E-state index >= 15 is 0 Å². The Morgan fingerprint density at radius 2 is 1.88 bits per heavy atom. The molecule has 0 fully saturated rings. The monoisotopic (exact) mass is 481 g/mol. The number of hydrazone groups is 1. The Morgan fingerprint density at radius 1 is 1.18 bits per heavy atom. The van der Waals surface area contributed by atoms with Gasteiger partial charge in [0.15, 0.2) is 11.2 Å². The highest BCUT2D eigenvalue weighted by Gasteiger charge is 2.36. The van der Waals surface area contributed by atoms with E-state index in [4.69, 9.17) is 10.5 Å². The third kappa shape index (κ3) is 5.09. The minimum absolute atomic E-state index is 0.0756. The highest BCUT2D eigenvalue weighted by Crippen LogP contribution is 2.26. The molecule has 0 saturated heterocycles. The number of rotatable bonds is 7. The Kier molecular flexibility index (Phi) is 6.64. The summed E-state index contributed by atoms with van der Waals surface area (Å²) in [5.41, 5.74) is 7.38. The van der Waals surface area contributed by atoms with Gasteiger partial charge < -0.3 is 10.5 Å². The van der Waals surface area contributed by atoms with Gasteiger partial charge in [-0.2, -0.15) is 5.10 Å². The summed E-state index contributed by atoms with van der Waals surface area (Å²) in [5, 5.41) is 10.2. The molecule has 3 aromatic rings. The van der Waals surface area contributed by atoms with E-state index in [0.29, 0.717) is 16.5 Å². The van der Waals surface area contributed by atoms with Gasteiger partial charge in [0, 0.05) is 17.4 Å². The quantitative estimate of drug-likeness (QED) is 0.500. The molecule has 34 heavy (non-hydrogen) atoms. The molecule has 1 aliphatic rings. The number of primary amides is 1. The normalized spacial score (nSPS) is 16.0. The Morgan fingerprint density at radius 3 is 2.56 bits per heavy atom. The smallest absolute Gasteiger partial charge is 0.355 e. The van der Waals surface area contributed by atoms with Crippen molar-refractivity contribution in [2.45, 2.75) is 25.5 Å². The number of anilines is 2. The Hall–Kier alpha value is -4.12. The van der Waals surface area contributed by atoms with Crippen LogP contribution in [0.5, 0.6) is 0 Å². The van der Waals surface area contributed by atoms with Crippen LogP contribution >= 0.6 is 11.3 Å². The number of halogens is 1. The molecule has 1 aromatic heterocycles. The van der Waals surface area contributed by atoms with Crippen LogP contribution in [-0.2, 0) is 19.1 Å². The molecule has 4 rings (SSSR count). The molecule has 2 unspecified atom stereocenters. The van der Waals surface area contributed by atoms with Gasteiger partial charge in [0.1, 0.15) is 17.6 Å². The Bertz CT molecular complexity index is 1250. The average molecular weight is 482 g/mol. The minimum atomic E-state index is -1.15. The molecule has 2 atom stereocenters. The largest absolute Gasteiger partial charge is 0.448 e. The first kappa shape index (κ1) is 23.1. The summed E-state index contributed by atoms with van der Waals surface area (Å²) in [6, 6.07) is 13.8. The van der Waals surface area contributed by atoms with Crippen molar-refractivity contribution in [1.29, 1.82) is 0 Å². The lowest BCUT2D eigenvalue weighted by atomic mass is 10.1. The van der Waals surface area contributed by atoms with Gasteiger partial charge in [-0.25, -0.2) is 14.2 Å². The number of nitrogens with zero attached hydrogens (tertiary/aromatic N) is 3. The fourth-order valence-electron chi connectivity index (χ4n) is 3.25. The molecule has 0 bridgehead atoms.